The van der Waals surface area contributed by atoms with Crippen LogP contribution in [0.25, 0.3) is 0 Å². The summed E-state index contributed by atoms with van der Waals surface area (Å²) in [7, 11) is 0. The topological polar surface area (TPSA) is 66.8 Å². The second-order valence-corrected chi connectivity index (χ2v) is 7.28. The van der Waals surface area contributed by atoms with Crippen LogP contribution in [0, 0.1) is 17.8 Å². The number of carbonyl (C=O) groups excluding carboxylic acids is 1. The van der Waals surface area contributed by atoms with Gasteiger partial charge in [-0.1, -0.05) is 18.2 Å². The van der Waals surface area contributed by atoms with Crippen molar-refractivity contribution in [2.75, 3.05) is 19.7 Å². The van der Waals surface area contributed by atoms with Gasteiger partial charge in [0.25, 0.3) is 0 Å². The molecule has 5 heteroatoms. The Morgan fingerprint density at radius 1 is 0.960 bits per heavy atom. The number of carboxylic acids is 1. The zero-order valence-electron chi connectivity index (χ0n) is 14.6. The summed E-state index contributed by atoms with van der Waals surface area (Å²) >= 11 is 0. The van der Waals surface area contributed by atoms with Crippen molar-refractivity contribution in [3.8, 4) is 5.75 Å². The van der Waals surface area contributed by atoms with E-state index in [0.29, 0.717) is 38.2 Å². The number of amides is 1. The van der Waals surface area contributed by atoms with Gasteiger partial charge in [-0.2, -0.15) is 0 Å². The lowest BCUT2D eigenvalue weighted by Crippen LogP contribution is -2.43. The Morgan fingerprint density at radius 3 is 2.16 bits per heavy atom. The summed E-state index contributed by atoms with van der Waals surface area (Å²) < 4.78 is 5.83. The fourth-order valence-electron chi connectivity index (χ4n) is 3.90. The standard InChI is InChI=1S/C20H27NO4/c22-19(16-6-8-17(9-7-16)20(23)24)21-12-10-15(11-13-21)14-25-18-4-2-1-3-5-18/h1-5,15-17H,6-14H2,(H,23,24). The van der Waals surface area contributed by atoms with E-state index >= 15 is 0 Å². The average molecular weight is 345 g/mol. The van der Waals surface area contributed by atoms with Crippen LogP contribution in [0.5, 0.6) is 5.75 Å². The highest BCUT2D eigenvalue weighted by atomic mass is 16.5. The minimum atomic E-state index is -0.717. The number of para-hydroxylation sites is 1. The Bertz CT molecular complexity index is 573. The number of hydrogen-bond donors (Lipinski definition) is 1. The molecule has 1 aliphatic carbocycles. The van der Waals surface area contributed by atoms with Crippen molar-refractivity contribution >= 4 is 11.9 Å². The van der Waals surface area contributed by atoms with Crippen LogP contribution in [-0.4, -0.2) is 41.6 Å². The van der Waals surface area contributed by atoms with E-state index in [0.717, 1.165) is 31.7 Å². The van der Waals surface area contributed by atoms with Crippen LogP contribution in [0.1, 0.15) is 38.5 Å². The summed E-state index contributed by atoms with van der Waals surface area (Å²) in [5, 5.41) is 9.07. The van der Waals surface area contributed by atoms with Gasteiger partial charge in [0.2, 0.25) is 5.91 Å². The van der Waals surface area contributed by atoms with E-state index in [2.05, 4.69) is 0 Å². The van der Waals surface area contributed by atoms with E-state index in [1.54, 1.807) is 0 Å². The summed E-state index contributed by atoms with van der Waals surface area (Å²) in [6, 6.07) is 9.84. The number of nitrogens with zero attached hydrogens (tertiary/aromatic N) is 1. The number of piperidine rings is 1. The van der Waals surface area contributed by atoms with Gasteiger partial charge in [0.1, 0.15) is 5.75 Å². The lowest BCUT2D eigenvalue weighted by molar-refractivity contribution is -0.146. The minimum Gasteiger partial charge on any atom is -0.493 e. The van der Waals surface area contributed by atoms with E-state index in [1.165, 1.54) is 0 Å². The van der Waals surface area contributed by atoms with Gasteiger partial charge in [-0.3, -0.25) is 9.59 Å². The third-order valence-electron chi connectivity index (χ3n) is 5.58. The first-order chi connectivity index (χ1) is 12.1. The van der Waals surface area contributed by atoms with Crippen molar-refractivity contribution in [2.24, 2.45) is 17.8 Å². The first-order valence-corrected chi connectivity index (χ1v) is 9.33. The molecular weight excluding hydrogens is 318 g/mol. The quantitative estimate of drug-likeness (QED) is 0.890. The van der Waals surface area contributed by atoms with Gasteiger partial charge in [-0.05, 0) is 56.6 Å². The van der Waals surface area contributed by atoms with Crippen LogP contribution in [0.4, 0.5) is 0 Å². The number of carbonyl (C=O) groups is 2. The van der Waals surface area contributed by atoms with Crippen LogP contribution in [0.2, 0.25) is 0 Å². The fourth-order valence-corrected chi connectivity index (χ4v) is 3.90. The van der Waals surface area contributed by atoms with Crippen molar-refractivity contribution in [3.63, 3.8) is 0 Å². The monoisotopic (exact) mass is 345 g/mol. The molecule has 1 saturated carbocycles. The maximum absolute atomic E-state index is 12.7. The molecule has 0 bridgehead atoms. The molecule has 1 aromatic carbocycles. The Labute approximate surface area is 149 Å². The van der Waals surface area contributed by atoms with Crippen molar-refractivity contribution < 1.29 is 19.4 Å². The molecule has 25 heavy (non-hydrogen) atoms. The molecule has 3 rings (SSSR count). The van der Waals surface area contributed by atoms with Gasteiger partial charge in [-0.15, -0.1) is 0 Å². The SMILES string of the molecule is O=C(O)C1CCC(C(=O)N2CCC(COc3ccccc3)CC2)CC1. The van der Waals surface area contributed by atoms with Crippen LogP contribution in [0.3, 0.4) is 0 Å². The van der Waals surface area contributed by atoms with Crippen molar-refractivity contribution in [2.45, 2.75) is 38.5 Å². The van der Waals surface area contributed by atoms with Gasteiger partial charge in [-0.25, -0.2) is 0 Å². The summed E-state index contributed by atoms with van der Waals surface area (Å²) in [5.74, 6) is 0.664. The molecule has 1 aromatic rings. The average Bonchev–Trinajstić information content (AvgIpc) is 2.67. The van der Waals surface area contributed by atoms with Crippen molar-refractivity contribution in [1.82, 2.24) is 4.90 Å². The van der Waals surface area contributed by atoms with Gasteiger partial charge in [0.15, 0.2) is 0 Å². The zero-order chi connectivity index (χ0) is 17.6. The largest absolute Gasteiger partial charge is 0.493 e. The number of hydrogen-bond acceptors (Lipinski definition) is 3. The summed E-state index contributed by atoms with van der Waals surface area (Å²) in [4.78, 5) is 25.7. The number of ether oxygens (including phenoxy) is 1. The van der Waals surface area contributed by atoms with Crippen LogP contribution in [0.15, 0.2) is 30.3 Å². The molecule has 2 fully saturated rings. The molecule has 5 nitrogen and oxygen atoms in total. The molecule has 0 atom stereocenters. The number of benzene rings is 1. The Morgan fingerprint density at radius 2 is 1.56 bits per heavy atom. The highest BCUT2D eigenvalue weighted by molar-refractivity contribution is 5.79. The molecule has 1 heterocycles. The number of aliphatic carboxylic acids is 1. The Balaban J connectivity index is 1.40. The zero-order valence-corrected chi connectivity index (χ0v) is 14.6. The van der Waals surface area contributed by atoms with E-state index in [4.69, 9.17) is 9.84 Å². The molecule has 136 valence electrons. The van der Waals surface area contributed by atoms with Gasteiger partial charge in [0, 0.05) is 19.0 Å². The molecule has 0 spiro atoms. The van der Waals surface area contributed by atoms with Gasteiger partial charge >= 0.3 is 5.97 Å². The van der Waals surface area contributed by atoms with E-state index in [9.17, 15) is 9.59 Å². The molecule has 1 amide bonds. The Hall–Kier alpha value is -2.04. The highest BCUT2D eigenvalue weighted by Gasteiger charge is 2.33. The van der Waals surface area contributed by atoms with E-state index in [-0.39, 0.29) is 17.7 Å². The van der Waals surface area contributed by atoms with E-state index in [1.807, 2.05) is 35.2 Å². The molecule has 0 aromatic heterocycles. The summed E-state index contributed by atoms with van der Waals surface area (Å²) in [5.41, 5.74) is 0. The lowest BCUT2D eigenvalue weighted by Gasteiger charge is -2.35. The molecule has 2 aliphatic rings. The van der Waals surface area contributed by atoms with Crippen molar-refractivity contribution in [1.29, 1.82) is 0 Å². The number of likely N-dealkylation sites (tertiary alicyclic amines) is 1. The van der Waals surface area contributed by atoms with Gasteiger partial charge in [0.05, 0.1) is 12.5 Å². The summed E-state index contributed by atoms with van der Waals surface area (Å²) in [6.07, 6.45) is 4.64. The second-order valence-electron chi connectivity index (χ2n) is 7.28. The maximum Gasteiger partial charge on any atom is 0.306 e. The van der Waals surface area contributed by atoms with Crippen LogP contribution < -0.4 is 4.74 Å². The summed E-state index contributed by atoms with van der Waals surface area (Å²) in [6.45, 7) is 2.29. The third kappa shape index (κ3) is 4.74. The predicted octanol–water partition coefficient (Wildman–Crippen LogP) is 3.20. The second kappa shape index (κ2) is 8.37. The molecule has 0 unspecified atom stereocenters. The first-order valence-electron chi connectivity index (χ1n) is 9.33. The smallest absolute Gasteiger partial charge is 0.306 e. The maximum atomic E-state index is 12.7. The molecule has 1 saturated heterocycles. The van der Waals surface area contributed by atoms with Crippen LogP contribution in [-0.2, 0) is 9.59 Å². The first kappa shape index (κ1) is 17.8. The molecule has 1 N–H and O–H groups in total. The molecular formula is C20H27NO4. The predicted molar refractivity (Wildman–Crippen MR) is 94.3 cm³/mol. The third-order valence-corrected chi connectivity index (χ3v) is 5.58. The van der Waals surface area contributed by atoms with Crippen LogP contribution >= 0.6 is 0 Å². The number of rotatable bonds is 5. The highest BCUT2D eigenvalue weighted by Crippen LogP contribution is 2.31. The molecule has 1 aliphatic heterocycles. The van der Waals surface area contributed by atoms with Crippen molar-refractivity contribution in [3.05, 3.63) is 30.3 Å². The van der Waals surface area contributed by atoms with E-state index < -0.39 is 5.97 Å². The normalized spacial score (nSPS) is 24.7. The fraction of sp³-hybridized carbons (Fsp3) is 0.600. The lowest BCUT2D eigenvalue weighted by atomic mass is 9.81. The van der Waals surface area contributed by atoms with Gasteiger partial charge < -0.3 is 14.7 Å². The minimum absolute atomic E-state index is 0.0210. The Kier molecular flexibility index (Phi) is 5.95. The molecule has 0 radical (unpaired) electrons. The number of carboxylic acid groups (broad SMARTS) is 1.